The van der Waals surface area contributed by atoms with E-state index in [-0.39, 0.29) is 17.3 Å². The van der Waals surface area contributed by atoms with Crippen LogP contribution >= 0.6 is 0 Å². The molecule has 0 atom stereocenters. The molecule has 2 N–H and O–H groups in total. The van der Waals surface area contributed by atoms with Crippen LogP contribution in [0.3, 0.4) is 0 Å². The van der Waals surface area contributed by atoms with E-state index in [9.17, 15) is 13.2 Å². The fourth-order valence-electron chi connectivity index (χ4n) is 5.91. The first-order chi connectivity index (χ1) is 12.9. The molecule has 6 heteroatoms. The van der Waals surface area contributed by atoms with E-state index in [4.69, 9.17) is 0 Å². The molecular formula is C21H28N2O3S. The molecular weight excluding hydrogens is 360 g/mol. The third kappa shape index (κ3) is 3.83. The molecule has 146 valence electrons. The standard InChI is InChI=1S/C21H28N2O3S/c1-2-7-23-27(25,26)19-5-3-18(4-6-19)20(24)22-14-21-11-15-8-16(12-21)10-17(9-15)13-21/h2-6,15-17,23H,1,7-14H2,(H,22,24). The van der Waals surface area contributed by atoms with E-state index in [2.05, 4.69) is 16.6 Å². The van der Waals surface area contributed by atoms with Gasteiger partial charge in [-0.3, -0.25) is 4.79 Å². The quantitative estimate of drug-likeness (QED) is 0.705. The van der Waals surface area contributed by atoms with Gasteiger partial charge in [0.2, 0.25) is 10.0 Å². The van der Waals surface area contributed by atoms with E-state index in [1.54, 1.807) is 12.1 Å². The first kappa shape index (κ1) is 18.7. The second-order valence-corrected chi connectivity index (χ2v) is 10.5. The fraction of sp³-hybridized carbons (Fsp3) is 0.571. The largest absolute Gasteiger partial charge is 0.351 e. The summed E-state index contributed by atoms with van der Waals surface area (Å²) in [5.41, 5.74) is 0.796. The number of amides is 1. The summed E-state index contributed by atoms with van der Waals surface area (Å²) in [7, 11) is -3.56. The number of nitrogens with one attached hydrogen (secondary N) is 2. The van der Waals surface area contributed by atoms with Crippen LogP contribution in [0.2, 0.25) is 0 Å². The second-order valence-electron chi connectivity index (χ2n) is 8.77. The van der Waals surface area contributed by atoms with Crippen LogP contribution in [0.1, 0.15) is 48.9 Å². The first-order valence-electron chi connectivity index (χ1n) is 9.88. The fourth-order valence-corrected chi connectivity index (χ4v) is 6.91. The van der Waals surface area contributed by atoms with E-state index in [0.717, 1.165) is 24.3 Å². The van der Waals surface area contributed by atoms with Crippen molar-refractivity contribution in [2.24, 2.45) is 23.2 Å². The van der Waals surface area contributed by atoms with Gasteiger partial charge in [0.25, 0.3) is 5.91 Å². The third-order valence-corrected chi connectivity index (χ3v) is 8.07. The van der Waals surface area contributed by atoms with Gasteiger partial charge in [-0.1, -0.05) is 6.08 Å². The minimum atomic E-state index is -3.56. The maximum absolute atomic E-state index is 12.6. The summed E-state index contributed by atoms with van der Waals surface area (Å²) < 4.78 is 26.6. The van der Waals surface area contributed by atoms with Crippen molar-refractivity contribution in [1.82, 2.24) is 10.0 Å². The number of carbonyl (C=O) groups is 1. The first-order valence-corrected chi connectivity index (χ1v) is 11.4. The van der Waals surface area contributed by atoms with Crippen LogP contribution < -0.4 is 10.0 Å². The Kier molecular flexibility index (Phi) is 4.89. The molecule has 4 bridgehead atoms. The van der Waals surface area contributed by atoms with Gasteiger partial charge < -0.3 is 5.32 Å². The number of hydrogen-bond donors (Lipinski definition) is 2. The zero-order valence-corrected chi connectivity index (χ0v) is 16.4. The molecule has 4 fully saturated rings. The highest BCUT2D eigenvalue weighted by molar-refractivity contribution is 7.89. The molecule has 1 aromatic rings. The summed E-state index contributed by atoms with van der Waals surface area (Å²) in [6.45, 7) is 4.43. The Morgan fingerprint density at radius 3 is 2.15 bits per heavy atom. The summed E-state index contributed by atoms with van der Waals surface area (Å²) in [6.07, 6.45) is 9.43. The molecule has 0 aliphatic heterocycles. The van der Waals surface area contributed by atoms with Crippen LogP contribution in [0.25, 0.3) is 0 Å². The molecule has 0 unspecified atom stereocenters. The summed E-state index contributed by atoms with van der Waals surface area (Å²) in [5, 5.41) is 3.13. The Bertz CT molecular complexity index is 794. The molecule has 0 radical (unpaired) electrons. The van der Waals surface area contributed by atoms with E-state index in [1.165, 1.54) is 56.7 Å². The van der Waals surface area contributed by atoms with Gasteiger partial charge in [0.1, 0.15) is 0 Å². The molecule has 4 aliphatic carbocycles. The lowest BCUT2D eigenvalue weighted by atomic mass is 9.49. The number of rotatable bonds is 7. The van der Waals surface area contributed by atoms with Crippen molar-refractivity contribution in [2.75, 3.05) is 13.1 Å². The smallest absolute Gasteiger partial charge is 0.251 e. The molecule has 0 aromatic heterocycles. The van der Waals surface area contributed by atoms with Crippen molar-refractivity contribution in [3.8, 4) is 0 Å². The Morgan fingerprint density at radius 1 is 1.07 bits per heavy atom. The molecule has 4 aliphatic rings. The van der Waals surface area contributed by atoms with Crippen molar-refractivity contribution in [3.63, 3.8) is 0 Å². The van der Waals surface area contributed by atoms with Gasteiger partial charge in [-0.05, 0) is 86.0 Å². The highest BCUT2D eigenvalue weighted by atomic mass is 32.2. The summed E-state index contributed by atoms with van der Waals surface area (Å²) in [5.74, 6) is 2.47. The van der Waals surface area contributed by atoms with Gasteiger partial charge in [0.15, 0.2) is 0 Å². The van der Waals surface area contributed by atoms with Gasteiger partial charge in [0, 0.05) is 18.7 Å². The van der Waals surface area contributed by atoms with Crippen molar-refractivity contribution in [1.29, 1.82) is 0 Å². The number of sulfonamides is 1. The average molecular weight is 389 g/mol. The summed E-state index contributed by atoms with van der Waals surface area (Å²) >= 11 is 0. The second kappa shape index (κ2) is 7.06. The maximum Gasteiger partial charge on any atom is 0.251 e. The Labute approximate surface area is 161 Å². The Morgan fingerprint density at radius 2 is 1.63 bits per heavy atom. The van der Waals surface area contributed by atoms with Crippen LogP contribution in [0.15, 0.2) is 41.8 Å². The molecule has 4 saturated carbocycles. The van der Waals surface area contributed by atoms with Crippen LogP contribution in [-0.2, 0) is 10.0 Å². The average Bonchev–Trinajstić information content (AvgIpc) is 2.63. The molecule has 5 nitrogen and oxygen atoms in total. The minimum Gasteiger partial charge on any atom is -0.351 e. The Hall–Kier alpha value is -1.66. The predicted octanol–water partition coefficient (Wildman–Crippen LogP) is 3.10. The van der Waals surface area contributed by atoms with Gasteiger partial charge in [-0.25, -0.2) is 13.1 Å². The van der Waals surface area contributed by atoms with Crippen LogP contribution in [-0.4, -0.2) is 27.4 Å². The highest BCUT2D eigenvalue weighted by Gasteiger charge is 2.50. The normalized spacial score (nSPS) is 31.6. The zero-order chi connectivity index (χ0) is 19.1. The van der Waals surface area contributed by atoms with Crippen LogP contribution in [0, 0.1) is 23.2 Å². The van der Waals surface area contributed by atoms with E-state index in [0.29, 0.717) is 11.0 Å². The monoisotopic (exact) mass is 388 g/mol. The molecule has 27 heavy (non-hydrogen) atoms. The van der Waals surface area contributed by atoms with E-state index in [1.807, 2.05) is 0 Å². The van der Waals surface area contributed by atoms with E-state index >= 15 is 0 Å². The van der Waals surface area contributed by atoms with Crippen LogP contribution in [0.5, 0.6) is 0 Å². The van der Waals surface area contributed by atoms with Gasteiger partial charge >= 0.3 is 0 Å². The lowest BCUT2D eigenvalue weighted by Crippen LogP contribution is -2.51. The maximum atomic E-state index is 12.6. The molecule has 1 amide bonds. The van der Waals surface area contributed by atoms with Crippen molar-refractivity contribution >= 4 is 15.9 Å². The van der Waals surface area contributed by atoms with Gasteiger partial charge in [-0.2, -0.15) is 0 Å². The third-order valence-electron chi connectivity index (χ3n) is 6.63. The van der Waals surface area contributed by atoms with Gasteiger partial charge in [0.05, 0.1) is 4.90 Å². The molecule has 0 heterocycles. The topological polar surface area (TPSA) is 75.3 Å². The van der Waals surface area contributed by atoms with Gasteiger partial charge in [-0.15, -0.1) is 6.58 Å². The summed E-state index contributed by atoms with van der Waals surface area (Å²) in [6, 6.07) is 6.12. The van der Waals surface area contributed by atoms with Crippen molar-refractivity contribution in [2.45, 2.75) is 43.4 Å². The highest BCUT2D eigenvalue weighted by Crippen LogP contribution is 2.59. The number of benzene rings is 1. The van der Waals surface area contributed by atoms with Crippen LogP contribution in [0.4, 0.5) is 0 Å². The summed E-state index contributed by atoms with van der Waals surface area (Å²) in [4.78, 5) is 12.7. The Balaban J connectivity index is 1.38. The zero-order valence-electron chi connectivity index (χ0n) is 15.6. The van der Waals surface area contributed by atoms with Crippen molar-refractivity contribution < 1.29 is 13.2 Å². The van der Waals surface area contributed by atoms with E-state index < -0.39 is 10.0 Å². The number of carbonyl (C=O) groups excluding carboxylic acids is 1. The SMILES string of the molecule is C=CCNS(=O)(=O)c1ccc(C(=O)NCC23CC4CC(CC(C4)C2)C3)cc1. The lowest BCUT2D eigenvalue weighted by Gasteiger charge is -2.56. The lowest BCUT2D eigenvalue weighted by molar-refractivity contribution is -0.0503. The molecule has 0 saturated heterocycles. The molecule has 5 rings (SSSR count). The molecule has 1 aromatic carbocycles. The number of hydrogen-bond acceptors (Lipinski definition) is 3. The van der Waals surface area contributed by atoms with Crippen molar-refractivity contribution in [3.05, 3.63) is 42.5 Å². The minimum absolute atomic E-state index is 0.117. The predicted molar refractivity (Wildman–Crippen MR) is 105 cm³/mol. The molecule has 0 spiro atoms.